The minimum Gasteiger partial charge on any atom is -0.389 e. The Bertz CT molecular complexity index is 758. The van der Waals surface area contributed by atoms with Crippen LogP contribution < -0.4 is 0 Å². The lowest BCUT2D eigenvalue weighted by molar-refractivity contribution is -0.329. The van der Waals surface area contributed by atoms with Gasteiger partial charge < -0.3 is 25.2 Å². The normalized spacial score (nSPS) is 55.6. The van der Waals surface area contributed by atoms with E-state index in [-0.39, 0.29) is 30.8 Å². The summed E-state index contributed by atoms with van der Waals surface area (Å²) in [6.07, 6.45) is -2.08. The van der Waals surface area contributed by atoms with Crippen molar-refractivity contribution in [1.82, 2.24) is 0 Å². The summed E-state index contributed by atoms with van der Waals surface area (Å²) in [5.41, 5.74) is -3.55. The Balaban J connectivity index is 2.01. The lowest BCUT2D eigenvalue weighted by Crippen LogP contribution is -2.77. The molecule has 0 spiro atoms. The van der Waals surface area contributed by atoms with Crippen molar-refractivity contribution in [1.29, 1.82) is 0 Å². The third kappa shape index (κ3) is 2.04. The molecule has 0 aromatic rings. The molecular weight excluding hydrogens is 360 g/mol. The first-order valence-electron chi connectivity index (χ1n) is 10.4. The predicted octanol–water partition coefficient (Wildman–Crippen LogP) is 1.20. The van der Waals surface area contributed by atoms with Crippen LogP contribution in [0.25, 0.3) is 0 Å². The Labute approximate surface area is 166 Å². The molecule has 1 aliphatic heterocycles. The maximum Gasteiger partial charge on any atom is 0.172 e. The Kier molecular flexibility index (Phi) is 4.15. The molecule has 0 aromatic carbocycles. The number of hydrogen-bond acceptors (Lipinski definition) is 6. The molecule has 7 unspecified atom stereocenters. The zero-order chi connectivity index (χ0) is 21.0. The number of carbonyl (C=O) groups excluding carboxylic acids is 1. The van der Waals surface area contributed by atoms with Gasteiger partial charge >= 0.3 is 0 Å². The van der Waals surface area contributed by atoms with Crippen LogP contribution in [0.3, 0.4) is 0 Å². The van der Waals surface area contributed by atoms with Crippen LogP contribution in [0.4, 0.5) is 0 Å². The molecule has 0 amide bonds. The summed E-state index contributed by atoms with van der Waals surface area (Å²) in [6.45, 7) is 11.2. The average molecular weight is 395 g/mol. The number of fused-ring (bicyclic) bond motifs is 5. The van der Waals surface area contributed by atoms with Crippen molar-refractivity contribution in [3.05, 3.63) is 11.1 Å². The number of aliphatic hydroxyl groups excluding tert-OH is 2. The van der Waals surface area contributed by atoms with Crippen LogP contribution >= 0.6 is 0 Å². The van der Waals surface area contributed by atoms with Gasteiger partial charge in [-0.15, -0.1) is 0 Å². The molecule has 0 radical (unpaired) electrons. The van der Waals surface area contributed by atoms with Gasteiger partial charge in [0.25, 0.3) is 0 Å². The molecule has 1 heterocycles. The van der Waals surface area contributed by atoms with E-state index in [1.165, 1.54) is 0 Å². The van der Waals surface area contributed by atoms with E-state index in [1.54, 1.807) is 6.92 Å². The zero-order valence-electron chi connectivity index (χ0n) is 17.7. The highest BCUT2D eigenvalue weighted by molar-refractivity contribution is 5.93. The number of rotatable bonds is 0. The largest absolute Gasteiger partial charge is 0.389 e. The molecule has 6 nitrogen and oxygen atoms in total. The molecule has 0 aromatic heterocycles. The molecule has 4 N–H and O–H groups in total. The average Bonchev–Trinajstić information content (AvgIpc) is 2.60. The molecule has 3 aliphatic carbocycles. The van der Waals surface area contributed by atoms with Crippen LogP contribution in [0.5, 0.6) is 0 Å². The van der Waals surface area contributed by atoms with Gasteiger partial charge in [0.05, 0.1) is 24.4 Å². The number of ether oxygens (including phenoxy) is 1. The van der Waals surface area contributed by atoms with Crippen LogP contribution in [0.2, 0.25) is 0 Å². The number of aliphatic hydroxyl groups is 4. The van der Waals surface area contributed by atoms with Crippen molar-refractivity contribution in [3.63, 3.8) is 0 Å². The number of carbonyl (C=O) groups is 1. The summed E-state index contributed by atoms with van der Waals surface area (Å²) in [4.78, 5) is 13.8. The highest BCUT2D eigenvalue weighted by atomic mass is 16.6. The van der Waals surface area contributed by atoms with Crippen molar-refractivity contribution in [2.24, 2.45) is 28.6 Å². The molecule has 4 rings (SSSR count). The maximum atomic E-state index is 13.8. The van der Waals surface area contributed by atoms with Gasteiger partial charge in [0, 0.05) is 23.2 Å². The Morgan fingerprint density at radius 2 is 1.71 bits per heavy atom. The summed E-state index contributed by atoms with van der Waals surface area (Å²) >= 11 is 0. The molecular formula is C22H34O6. The van der Waals surface area contributed by atoms with E-state index >= 15 is 0 Å². The van der Waals surface area contributed by atoms with Crippen LogP contribution in [-0.2, 0) is 9.53 Å². The van der Waals surface area contributed by atoms with E-state index in [0.29, 0.717) is 17.6 Å². The second-order valence-electron chi connectivity index (χ2n) is 10.6. The number of ketones is 1. The highest BCUT2D eigenvalue weighted by Crippen LogP contribution is 2.65. The summed E-state index contributed by atoms with van der Waals surface area (Å²) in [6, 6.07) is 0. The summed E-state index contributed by atoms with van der Waals surface area (Å²) in [7, 11) is 0. The first kappa shape index (κ1) is 20.5. The monoisotopic (exact) mass is 394 g/mol. The van der Waals surface area contributed by atoms with Crippen molar-refractivity contribution in [2.75, 3.05) is 6.61 Å². The minimum atomic E-state index is -1.42. The molecule has 6 heteroatoms. The van der Waals surface area contributed by atoms with Crippen molar-refractivity contribution >= 4 is 5.78 Å². The predicted molar refractivity (Wildman–Crippen MR) is 102 cm³/mol. The maximum absolute atomic E-state index is 13.8. The van der Waals surface area contributed by atoms with Crippen molar-refractivity contribution < 1.29 is 30.0 Å². The highest BCUT2D eigenvalue weighted by Gasteiger charge is 2.73. The fourth-order valence-electron chi connectivity index (χ4n) is 7.30. The van der Waals surface area contributed by atoms with Crippen LogP contribution in [0.1, 0.15) is 54.4 Å². The molecule has 28 heavy (non-hydrogen) atoms. The standard InChI is InChI=1S/C22H34O6/c1-10-7-14-21(26,9-28-14)17-12(3)22(27)8-13(23)11(2)15(19(22,4)5)16(24)18(25)20(10,17)6/h10,12-14,16-17,23-24,26-27H,7-9H2,1-6H3/t10?,12?,13?,14?,16?,17?,20-,21+,22?/m1/s1. The van der Waals surface area contributed by atoms with Crippen molar-refractivity contribution in [3.8, 4) is 0 Å². The number of Topliss-reactive ketones (excluding diaryl/α,β-unsaturated/α-hetero) is 1. The van der Waals surface area contributed by atoms with Crippen molar-refractivity contribution in [2.45, 2.75) is 83.9 Å². The molecule has 2 saturated carbocycles. The van der Waals surface area contributed by atoms with E-state index in [0.717, 1.165) is 0 Å². The van der Waals surface area contributed by atoms with E-state index in [4.69, 9.17) is 4.74 Å². The summed E-state index contributed by atoms with van der Waals surface area (Å²) in [5, 5.41) is 45.5. The second-order valence-corrected chi connectivity index (χ2v) is 10.6. The fourth-order valence-corrected chi connectivity index (χ4v) is 7.30. The van der Waals surface area contributed by atoms with Crippen LogP contribution in [0, 0.1) is 28.6 Å². The fraction of sp³-hybridized carbons (Fsp3) is 0.864. The molecule has 158 valence electrons. The smallest absolute Gasteiger partial charge is 0.172 e. The molecule has 9 atom stereocenters. The van der Waals surface area contributed by atoms with Crippen LogP contribution in [0.15, 0.2) is 11.1 Å². The minimum absolute atomic E-state index is 0.111. The van der Waals surface area contributed by atoms with Gasteiger partial charge in [0.2, 0.25) is 0 Å². The van der Waals surface area contributed by atoms with Gasteiger partial charge in [-0.3, -0.25) is 4.79 Å². The van der Waals surface area contributed by atoms with Crippen LogP contribution in [-0.4, -0.2) is 62.3 Å². The molecule has 2 bridgehead atoms. The van der Waals surface area contributed by atoms with Gasteiger partial charge in [-0.2, -0.15) is 0 Å². The van der Waals surface area contributed by atoms with E-state index < -0.39 is 46.1 Å². The molecule has 4 aliphatic rings. The summed E-state index contributed by atoms with van der Waals surface area (Å²) in [5.74, 6) is -1.51. The van der Waals surface area contributed by atoms with Gasteiger partial charge in [-0.25, -0.2) is 0 Å². The lowest BCUT2D eigenvalue weighted by Gasteiger charge is -2.67. The topological polar surface area (TPSA) is 107 Å². The quantitative estimate of drug-likeness (QED) is 0.460. The Hall–Kier alpha value is -0.790. The lowest BCUT2D eigenvalue weighted by atomic mass is 9.41. The Morgan fingerprint density at radius 3 is 2.25 bits per heavy atom. The first-order valence-corrected chi connectivity index (χ1v) is 10.4. The van der Waals surface area contributed by atoms with E-state index in [1.807, 2.05) is 34.6 Å². The Morgan fingerprint density at radius 1 is 1.11 bits per heavy atom. The summed E-state index contributed by atoms with van der Waals surface area (Å²) < 4.78 is 5.65. The second kappa shape index (κ2) is 5.67. The van der Waals surface area contributed by atoms with Gasteiger partial charge in [-0.05, 0) is 36.3 Å². The zero-order valence-corrected chi connectivity index (χ0v) is 17.7. The molecule has 1 saturated heterocycles. The SMILES string of the molecule is CC1=C2C(O)C(=O)[C@]3(C)C(C)CC4OC[C@@]4(O)C3C(C)C(O)(CC1O)C2(C)C. The third-order valence-electron chi connectivity index (χ3n) is 9.34. The van der Waals surface area contributed by atoms with Gasteiger partial charge in [-0.1, -0.05) is 34.6 Å². The van der Waals surface area contributed by atoms with E-state index in [9.17, 15) is 25.2 Å². The third-order valence-corrected chi connectivity index (χ3v) is 9.34. The van der Waals surface area contributed by atoms with Gasteiger partial charge in [0.1, 0.15) is 11.7 Å². The van der Waals surface area contributed by atoms with E-state index in [2.05, 4.69) is 0 Å². The van der Waals surface area contributed by atoms with Gasteiger partial charge in [0.15, 0.2) is 5.78 Å². The first-order chi connectivity index (χ1) is 12.7. The molecule has 3 fully saturated rings. The number of hydrogen-bond donors (Lipinski definition) is 4.